The number of carbonyl (C=O) groups excluding carboxylic acids is 1. The number of amides is 2. The molecular weight excluding hydrogens is 284 g/mol. The second kappa shape index (κ2) is 8.32. The lowest BCUT2D eigenvalue weighted by Gasteiger charge is -2.20. The van der Waals surface area contributed by atoms with Gasteiger partial charge in [-0.25, -0.2) is 4.79 Å². The topological polar surface area (TPSA) is 58.1 Å². The second-order valence-electron chi connectivity index (χ2n) is 5.70. The first-order valence-electron chi connectivity index (χ1n) is 8.14. The smallest absolute Gasteiger partial charge is 0.323 e. The highest BCUT2D eigenvalue weighted by molar-refractivity contribution is 7.15. The molecule has 1 aromatic heterocycles. The van der Waals surface area contributed by atoms with Crippen LogP contribution in [0.3, 0.4) is 0 Å². The molecule has 0 atom stereocenters. The normalized spacial score (nSPS) is 15.9. The summed E-state index contributed by atoms with van der Waals surface area (Å²) in [6.45, 7) is 5.74. The number of hydrogen-bond donors (Lipinski definition) is 1. The van der Waals surface area contributed by atoms with Gasteiger partial charge in [0.05, 0.1) is 0 Å². The van der Waals surface area contributed by atoms with Gasteiger partial charge < -0.3 is 4.90 Å². The van der Waals surface area contributed by atoms with E-state index in [1.165, 1.54) is 32.1 Å². The summed E-state index contributed by atoms with van der Waals surface area (Å²) in [5.41, 5.74) is 0. The van der Waals surface area contributed by atoms with Crippen molar-refractivity contribution >= 4 is 22.5 Å². The standard InChI is InChI=1S/C15H26N4OS/c1-3-10-19(11-4-2)15(20)16-14-18-17-13(21-14)12-8-6-5-7-9-12/h12H,3-11H2,1-2H3,(H,16,18,20). The van der Waals surface area contributed by atoms with Crippen molar-refractivity contribution in [1.29, 1.82) is 0 Å². The Bertz CT molecular complexity index is 437. The number of urea groups is 1. The van der Waals surface area contributed by atoms with E-state index < -0.39 is 0 Å². The summed E-state index contributed by atoms with van der Waals surface area (Å²) in [6, 6.07) is -0.0509. The number of anilines is 1. The summed E-state index contributed by atoms with van der Waals surface area (Å²) < 4.78 is 0. The van der Waals surface area contributed by atoms with E-state index in [9.17, 15) is 4.79 Å². The minimum atomic E-state index is -0.0509. The Morgan fingerprint density at radius 2 is 1.86 bits per heavy atom. The first kappa shape index (κ1) is 16.2. The largest absolute Gasteiger partial charge is 0.325 e. The van der Waals surface area contributed by atoms with Crippen LogP contribution in [0.25, 0.3) is 0 Å². The molecule has 2 amide bonds. The van der Waals surface area contributed by atoms with E-state index in [4.69, 9.17) is 0 Å². The molecule has 0 bridgehead atoms. The fraction of sp³-hybridized carbons (Fsp3) is 0.800. The van der Waals surface area contributed by atoms with Gasteiger partial charge in [0.1, 0.15) is 5.01 Å². The van der Waals surface area contributed by atoms with Crippen LogP contribution in [0, 0.1) is 0 Å². The molecule has 0 unspecified atom stereocenters. The van der Waals surface area contributed by atoms with Crippen LogP contribution in [0.5, 0.6) is 0 Å². The third kappa shape index (κ3) is 4.66. The first-order valence-corrected chi connectivity index (χ1v) is 8.95. The molecule has 6 heteroatoms. The molecule has 5 nitrogen and oxygen atoms in total. The van der Waals surface area contributed by atoms with Gasteiger partial charge in [0, 0.05) is 19.0 Å². The van der Waals surface area contributed by atoms with E-state index in [-0.39, 0.29) is 6.03 Å². The van der Waals surface area contributed by atoms with E-state index in [2.05, 4.69) is 29.4 Å². The SMILES string of the molecule is CCCN(CCC)C(=O)Nc1nnc(C2CCCCC2)s1. The van der Waals surface area contributed by atoms with Crippen molar-refractivity contribution in [2.75, 3.05) is 18.4 Å². The molecule has 0 spiro atoms. The monoisotopic (exact) mass is 310 g/mol. The maximum atomic E-state index is 12.2. The summed E-state index contributed by atoms with van der Waals surface area (Å²) in [7, 11) is 0. The average molecular weight is 310 g/mol. The van der Waals surface area contributed by atoms with Crippen molar-refractivity contribution < 1.29 is 4.79 Å². The number of nitrogens with one attached hydrogen (secondary N) is 1. The summed E-state index contributed by atoms with van der Waals surface area (Å²) in [5, 5.41) is 13.0. The maximum absolute atomic E-state index is 12.2. The Balaban J connectivity index is 1.92. The van der Waals surface area contributed by atoms with E-state index in [1.54, 1.807) is 11.3 Å². The molecule has 0 aliphatic heterocycles. The van der Waals surface area contributed by atoms with Gasteiger partial charge >= 0.3 is 6.03 Å². The highest BCUT2D eigenvalue weighted by Crippen LogP contribution is 2.35. The second-order valence-corrected chi connectivity index (χ2v) is 6.71. The molecule has 118 valence electrons. The van der Waals surface area contributed by atoms with Gasteiger partial charge in [-0.15, -0.1) is 10.2 Å². The van der Waals surface area contributed by atoms with Crippen molar-refractivity contribution in [1.82, 2.24) is 15.1 Å². The molecule has 1 aliphatic carbocycles. The summed E-state index contributed by atoms with van der Waals surface area (Å²) >= 11 is 1.54. The third-order valence-corrected chi connectivity index (χ3v) is 4.88. The Labute approximate surface area is 131 Å². The number of nitrogens with zero attached hydrogens (tertiary/aromatic N) is 3. The van der Waals surface area contributed by atoms with Crippen molar-refractivity contribution in [2.45, 2.75) is 64.7 Å². The Morgan fingerprint density at radius 1 is 1.19 bits per heavy atom. The molecule has 1 fully saturated rings. The minimum absolute atomic E-state index is 0.0509. The molecule has 1 aliphatic rings. The average Bonchev–Trinajstić information content (AvgIpc) is 2.96. The predicted molar refractivity (Wildman–Crippen MR) is 86.9 cm³/mol. The Kier molecular flexibility index (Phi) is 6.42. The van der Waals surface area contributed by atoms with Crippen molar-refractivity contribution in [3.63, 3.8) is 0 Å². The molecule has 0 aromatic carbocycles. The van der Waals surface area contributed by atoms with Crippen molar-refractivity contribution in [2.24, 2.45) is 0 Å². The zero-order chi connectivity index (χ0) is 15.1. The number of rotatable bonds is 6. The van der Waals surface area contributed by atoms with Crippen LogP contribution in [-0.2, 0) is 0 Å². The highest BCUT2D eigenvalue weighted by Gasteiger charge is 2.21. The Morgan fingerprint density at radius 3 is 2.48 bits per heavy atom. The minimum Gasteiger partial charge on any atom is -0.325 e. The lowest BCUT2D eigenvalue weighted by atomic mass is 9.90. The Hall–Kier alpha value is -1.17. The highest BCUT2D eigenvalue weighted by atomic mass is 32.1. The van der Waals surface area contributed by atoms with Gasteiger partial charge in [0.15, 0.2) is 0 Å². The molecule has 0 saturated heterocycles. The van der Waals surface area contributed by atoms with E-state index >= 15 is 0 Å². The number of aromatic nitrogens is 2. The third-order valence-electron chi connectivity index (χ3n) is 3.88. The molecule has 1 saturated carbocycles. The summed E-state index contributed by atoms with van der Waals surface area (Å²) in [6.07, 6.45) is 8.26. The zero-order valence-electron chi connectivity index (χ0n) is 13.1. The zero-order valence-corrected chi connectivity index (χ0v) is 13.9. The van der Waals surface area contributed by atoms with Crippen LogP contribution < -0.4 is 5.32 Å². The first-order chi connectivity index (χ1) is 10.2. The van der Waals surface area contributed by atoms with Crippen molar-refractivity contribution in [3.8, 4) is 0 Å². The predicted octanol–water partition coefficient (Wildman–Crippen LogP) is 4.24. The van der Waals surface area contributed by atoms with Gasteiger partial charge in [-0.2, -0.15) is 0 Å². The maximum Gasteiger partial charge on any atom is 0.323 e. The van der Waals surface area contributed by atoms with E-state index in [0.29, 0.717) is 11.0 Å². The quantitative estimate of drug-likeness (QED) is 0.855. The molecule has 1 heterocycles. The van der Waals surface area contributed by atoms with Gasteiger partial charge in [-0.1, -0.05) is 44.4 Å². The van der Waals surface area contributed by atoms with E-state index in [0.717, 1.165) is 30.9 Å². The van der Waals surface area contributed by atoms with Gasteiger partial charge in [-0.05, 0) is 25.7 Å². The van der Waals surface area contributed by atoms with Gasteiger partial charge in [-0.3, -0.25) is 5.32 Å². The van der Waals surface area contributed by atoms with Crippen LogP contribution in [0.1, 0.15) is 69.7 Å². The molecule has 1 N–H and O–H groups in total. The van der Waals surface area contributed by atoms with Gasteiger partial charge in [0.2, 0.25) is 5.13 Å². The van der Waals surface area contributed by atoms with Crippen LogP contribution >= 0.6 is 11.3 Å². The lowest BCUT2D eigenvalue weighted by molar-refractivity contribution is 0.211. The van der Waals surface area contributed by atoms with Crippen LogP contribution in [0.2, 0.25) is 0 Å². The molecule has 2 rings (SSSR count). The van der Waals surface area contributed by atoms with Crippen LogP contribution in [0.15, 0.2) is 0 Å². The molecule has 1 aromatic rings. The molecule has 0 radical (unpaired) electrons. The van der Waals surface area contributed by atoms with Crippen LogP contribution in [0.4, 0.5) is 9.93 Å². The van der Waals surface area contributed by atoms with Crippen molar-refractivity contribution in [3.05, 3.63) is 5.01 Å². The molecular formula is C15H26N4OS. The van der Waals surface area contributed by atoms with Gasteiger partial charge in [0.25, 0.3) is 0 Å². The lowest BCUT2D eigenvalue weighted by Crippen LogP contribution is -2.36. The van der Waals surface area contributed by atoms with E-state index in [1.807, 2.05) is 4.90 Å². The summed E-state index contributed by atoms with van der Waals surface area (Å²) in [4.78, 5) is 14.1. The fourth-order valence-corrected chi connectivity index (χ4v) is 3.73. The fourth-order valence-electron chi connectivity index (χ4n) is 2.82. The number of hydrogen-bond acceptors (Lipinski definition) is 4. The number of carbonyl (C=O) groups is 1. The summed E-state index contributed by atoms with van der Waals surface area (Å²) in [5.74, 6) is 0.546. The molecule has 21 heavy (non-hydrogen) atoms. The van der Waals surface area contributed by atoms with Crippen LogP contribution in [-0.4, -0.2) is 34.2 Å².